The molecule has 0 saturated heterocycles. The summed E-state index contributed by atoms with van der Waals surface area (Å²) in [5.41, 5.74) is 3.67. The Morgan fingerprint density at radius 3 is 2.55 bits per heavy atom. The molecule has 0 fully saturated rings. The van der Waals surface area contributed by atoms with Crippen LogP contribution in [-0.4, -0.2) is 6.79 Å². The Morgan fingerprint density at radius 2 is 1.80 bits per heavy atom. The Bertz CT molecular complexity index is 592. The average Bonchev–Trinajstić information content (AvgIpc) is 2.95. The van der Waals surface area contributed by atoms with Crippen molar-refractivity contribution < 1.29 is 9.47 Å². The van der Waals surface area contributed by atoms with E-state index in [1.54, 1.807) is 0 Å². The van der Waals surface area contributed by atoms with Crippen LogP contribution in [0.3, 0.4) is 0 Å². The molecule has 0 amide bonds. The standard InChI is InChI=1S/C17H19NO2/c1-3-13-4-7-15(8-5-13)18-12(2)14-6-9-16-17(10-14)20-11-19-16/h4-10,12,18H,3,11H2,1-2H3. The highest BCUT2D eigenvalue weighted by molar-refractivity contribution is 5.49. The molecule has 1 N–H and O–H groups in total. The van der Waals surface area contributed by atoms with Gasteiger partial charge >= 0.3 is 0 Å². The van der Waals surface area contributed by atoms with Crippen LogP contribution >= 0.6 is 0 Å². The van der Waals surface area contributed by atoms with Gasteiger partial charge in [0.15, 0.2) is 11.5 Å². The van der Waals surface area contributed by atoms with Gasteiger partial charge in [-0.05, 0) is 48.7 Å². The lowest BCUT2D eigenvalue weighted by Gasteiger charge is -2.16. The van der Waals surface area contributed by atoms with E-state index in [2.05, 4.69) is 49.5 Å². The summed E-state index contributed by atoms with van der Waals surface area (Å²) in [4.78, 5) is 0. The molecule has 104 valence electrons. The van der Waals surface area contributed by atoms with Crippen LogP contribution in [-0.2, 0) is 6.42 Å². The maximum atomic E-state index is 5.42. The van der Waals surface area contributed by atoms with E-state index in [9.17, 15) is 0 Å². The molecule has 0 aliphatic carbocycles. The molecular formula is C17H19NO2. The smallest absolute Gasteiger partial charge is 0.231 e. The normalized spacial score (nSPS) is 14.1. The number of ether oxygens (including phenoxy) is 2. The van der Waals surface area contributed by atoms with E-state index >= 15 is 0 Å². The van der Waals surface area contributed by atoms with Crippen LogP contribution in [0.15, 0.2) is 42.5 Å². The van der Waals surface area contributed by atoms with Crippen LogP contribution in [0.5, 0.6) is 11.5 Å². The Balaban J connectivity index is 1.73. The van der Waals surface area contributed by atoms with Crippen molar-refractivity contribution in [1.29, 1.82) is 0 Å². The van der Waals surface area contributed by atoms with Gasteiger partial charge in [0.2, 0.25) is 6.79 Å². The predicted octanol–water partition coefficient (Wildman–Crippen LogP) is 4.15. The highest BCUT2D eigenvalue weighted by atomic mass is 16.7. The van der Waals surface area contributed by atoms with Crippen molar-refractivity contribution in [3.05, 3.63) is 53.6 Å². The van der Waals surface area contributed by atoms with Crippen molar-refractivity contribution in [3.8, 4) is 11.5 Å². The molecular weight excluding hydrogens is 250 g/mol. The first-order valence-corrected chi connectivity index (χ1v) is 7.01. The third-order valence-corrected chi connectivity index (χ3v) is 3.64. The van der Waals surface area contributed by atoms with Crippen molar-refractivity contribution in [3.63, 3.8) is 0 Å². The fourth-order valence-electron chi connectivity index (χ4n) is 2.35. The number of anilines is 1. The molecule has 1 unspecified atom stereocenters. The molecule has 3 heteroatoms. The van der Waals surface area contributed by atoms with Gasteiger partial charge in [-0.1, -0.05) is 25.1 Å². The van der Waals surface area contributed by atoms with E-state index in [0.717, 1.165) is 23.6 Å². The van der Waals surface area contributed by atoms with Crippen LogP contribution in [0, 0.1) is 0 Å². The predicted molar refractivity (Wildman–Crippen MR) is 80.4 cm³/mol. The second kappa shape index (κ2) is 5.45. The van der Waals surface area contributed by atoms with Crippen molar-refractivity contribution in [2.45, 2.75) is 26.3 Å². The first-order chi connectivity index (χ1) is 9.76. The maximum absolute atomic E-state index is 5.42. The van der Waals surface area contributed by atoms with Gasteiger partial charge in [0.25, 0.3) is 0 Å². The number of benzene rings is 2. The Morgan fingerprint density at radius 1 is 1.05 bits per heavy atom. The number of rotatable bonds is 4. The molecule has 3 nitrogen and oxygen atoms in total. The van der Waals surface area contributed by atoms with Crippen molar-refractivity contribution in [1.82, 2.24) is 0 Å². The second-order valence-corrected chi connectivity index (χ2v) is 5.03. The zero-order valence-corrected chi connectivity index (χ0v) is 11.8. The average molecular weight is 269 g/mol. The van der Waals surface area contributed by atoms with Crippen LogP contribution < -0.4 is 14.8 Å². The summed E-state index contributed by atoms with van der Waals surface area (Å²) < 4.78 is 10.8. The van der Waals surface area contributed by atoms with Gasteiger partial charge in [-0.25, -0.2) is 0 Å². The molecule has 1 aliphatic heterocycles. The molecule has 1 atom stereocenters. The molecule has 0 bridgehead atoms. The Hall–Kier alpha value is -2.16. The van der Waals surface area contributed by atoms with Crippen LogP contribution in [0.25, 0.3) is 0 Å². The first kappa shape index (κ1) is 12.9. The van der Waals surface area contributed by atoms with E-state index in [4.69, 9.17) is 9.47 Å². The van der Waals surface area contributed by atoms with Crippen LogP contribution in [0.4, 0.5) is 5.69 Å². The van der Waals surface area contributed by atoms with Crippen LogP contribution in [0.2, 0.25) is 0 Å². The number of nitrogens with one attached hydrogen (secondary N) is 1. The lowest BCUT2D eigenvalue weighted by atomic mass is 10.1. The number of hydrogen-bond acceptors (Lipinski definition) is 3. The van der Waals surface area contributed by atoms with Gasteiger partial charge in [-0.2, -0.15) is 0 Å². The quantitative estimate of drug-likeness (QED) is 0.904. The van der Waals surface area contributed by atoms with Gasteiger partial charge < -0.3 is 14.8 Å². The van der Waals surface area contributed by atoms with E-state index in [1.165, 1.54) is 11.1 Å². The highest BCUT2D eigenvalue weighted by Crippen LogP contribution is 2.34. The lowest BCUT2D eigenvalue weighted by molar-refractivity contribution is 0.174. The molecule has 0 saturated carbocycles. The van der Waals surface area contributed by atoms with Gasteiger partial charge in [-0.3, -0.25) is 0 Å². The summed E-state index contributed by atoms with van der Waals surface area (Å²) >= 11 is 0. The van der Waals surface area contributed by atoms with Crippen LogP contribution in [0.1, 0.15) is 31.0 Å². The summed E-state index contributed by atoms with van der Waals surface area (Å²) in [5, 5.41) is 3.50. The zero-order chi connectivity index (χ0) is 13.9. The molecule has 1 aliphatic rings. The summed E-state index contributed by atoms with van der Waals surface area (Å²) in [6.45, 7) is 4.63. The minimum atomic E-state index is 0.219. The van der Waals surface area contributed by atoms with Crippen molar-refractivity contribution in [2.24, 2.45) is 0 Å². The zero-order valence-electron chi connectivity index (χ0n) is 11.8. The first-order valence-electron chi connectivity index (χ1n) is 7.01. The molecule has 0 aromatic heterocycles. The SMILES string of the molecule is CCc1ccc(NC(C)c2ccc3c(c2)OCO3)cc1. The van der Waals surface area contributed by atoms with Gasteiger partial charge in [0, 0.05) is 11.7 Å². The Kier molecular flexibility index (Phi) is 3.50. The summed E-state index contributed by atoms with van der Waals surface area (Å²) in [7, 11) is 0. The summed E-state index contributed by atoms with van der Waals surface area (Å²) in [6, 6.07) is 14.9. The van der Waals surface area contributed by atoms with Crippen molar-refractivity contribution in [2.75, 3.05) is 12.1 Å². The third kappa shape index (κ3) is 2.57. The monoisotopic (exact) mass is 269 g/mol. The second-order valence-electron chi connectivity index (χ2n) is 5.03. The fourth-order valence-corrected chi connectivity index (χ4v) is 2.35. The number of hydrogen-bond donors (Lipinski definition) is 1. The fraction of sp³-hybridized carbons (Fsp3) is 0.294. The number of fused-ring (bicyclic) bond motifs is 1. The van der Waals surface area contributed by atoms with Crippen molar-refractivity contribution >= 4 is 5.69 Å². The molecule has 2 aromatic rings. The summed E-state index contributed by atoms with van der Waals surface area (Å²) in [5.74, 6) is 1.66. The largest absolute Gasteiger partial charge is 0.454 e. The Labute approximate surface area is 119 Å². The molecule has 0 radical (unpaired) electrons. The van der Waals surface area contributed by atoms with E-state index in [1.807, 2.05) is 12.1 Å². The highest BCUT2D eigenvalue weighted by Gasteiger charge is 2.15. The lowest BCUT2D eigenvalue weighted by Crippen LogP contribution is -2.06. The minimum absolute atomic E-state index is 0.219. The van der Waals surface area contributed by atoms with E-state index in [0.29, 0.717) is 6.79 Å². The molecule has 2 aromatic carbocycles. The molecule has 1 heterocycles. The third-order valence-electron chi connectivity index (χ3n) is 3.64. The van der Waals surface area contributed by atoms with Gasteiger partial charge in [0.05, 0.1) is 0 Å². The minimum Gasteiger partial charge on any atom is -0.454 e. The van der Waals surface area contributed by atoms with E-state index in [-0.39, 0.29) is 6.04 Å². The van der Waals surface area contributed by atoms with Gasteiger partial charge in [-0.15, -0.1) is 0 Å². The molecule has 20 heavy (non-hydrogen) atoms. The molecule has 3 rings (SSSR count). The van der Waals surface area contributed by atoms with Gasteiger partial charge in [0.1, 0.15) is 0 Å². The summed E-state index contributed by atoms with van der Waals surface area (Å²) in [6.07, 6.45) is 1.07. The topological polar surface area (TPSA) is 30.5 Å². The molecule has 0 spiro atoms. The maximum Gasteiger partial charge on any atom is 0.231 e. The number of aryl methyl sites for hydroxylation is 1. The van der Waals surface area contributed by atoms with E-state index < -0.39 is 0 Å².